The summed E-state index contributed by atoms with van der Waals surface area (Å²) in [7, 11) is 0. The number of benzene rings is 1. The van der Waals surface area contributed by atoms with E-state index in [1.54, 1.807) is 0 Å². The molecule has 3 aliphatic heterocycles. The summed E-state index contributed by atoms with van der Waals surface area (Å²) < 4.78 is 5.75. The van der Waals surface area contributed by atoms with E-state index in [1.807, 2.05) is 6.20 Å². The predicted octanol–water partition coefficient (Wildman–Crippen LogP) is 2.21. The first-order valence-electron chi connectivity index (χ1n) is 10.0. The molecule has 142 valence electrons. The van der Waals surface area contributed by atoms with E-state index in [1.165, 1.54) is 56.7 Å². The second-order valence-electron chi connectivity index (χ2n) is 8.28. The minimum absolute atomic E-state index is 0.320. The second-order valence-corrected chi connectivity index (χ2v) is 8.28. The first kappa shape index (κ1) is 17.7. The number of hydrogen-bond acceptors (Lipinski definition) is 5. The summed E-state index contributed by atoms with van der Waals surface area (Å²) in [6.07, 6.45) is 7.16. The molecular formula is C21H32N4O. The molecule has 1 spiro atoms. The zero-order valence-corrected chi connectivity index (χ0v) is 15.9. The summed E-state index contributed by atoms with van der Waals surface area (Å²) in [6, 6.07) is 6.64. The largest absolute Gasteiger partial charge is 0.397 e. The van der Waals surface area contributed by atoms with Crippen molar-refractivity contribution in [1.29, 1.82) is 0 Å². The van der Waals surface area contributed by atoms with Crippen molar-refractivity contribution in [3.8, 4) is 0 Å². The maximum Gasteiger partial charge on any atom is 0.0747 e. The Morgan fingerprint density at radius 2 is 2.31 bits per heavy atom. The van der Waals surface area contributed by atoms with Gasteiger partial charge in [-0.2, -0.15) is 0 Å². The van der Waals surface area contributed by atoms with Gasteiger partial charge in [-0.15, -0.1) is 0 Å². The number of anilines is 1. The lowest BCUT2D eigenvalue weighted by molar-refractivity contribution is 0.0188. The Kier molecular flexibility index (Phi) is 5.09. The minimum Gasteiger partial charge on any atom is -0.397 e. The van der Waals surface area contributed by atoms with Crippen molar-refractivity contribution in [3.63, 3.8) is 0 Å². The molecule has 4 rings (SSSR count). The van der Waals surface area contributed by atoms with E-state index in [-0.39, 0.29) is 0 Å². The van der Waals surface area contributed by atoms with Crippen molar-refractivity contribution in [1.82, 2.24) is 10.6 Å². The van der Waals surface area contributed by atoms with Gasteiger partial charge in [0, 0.05) is 55.7 Å². The van der Waals surface area contributed by atoms with Crippen LogP contribution in [0.5, 0.6) is 0 Å². The average Bonchev–Trinajstić information content (AvgIpc) is 3.11. The number of nitrogens with zero attached hydrogens (tertiary/aromatic N) is 1. The lowest BCUT2D eigenvalue weighted by Gasteiger charge is -2.49. The molecule has 1 unspecified atom stereocenters. The number of nitrogens with one attached hydrogen (secondary N) is 2. The van der Waals surface area contributed by atoms with Crippen LogP contribution in [0.2, 0.25) is 0 Å². The fraction of sp³-hybridized carbons (Fsp3) is 0.619. The van der Waals surface area contributed by atoms with Gasteiger partial charge in [0.15, 0.2) is 0 Å². The highest BCUT2D eigenvalue weighted by Gasteiger charge is 2.44. The Morgan fingerprint density at radius 1 is 1.42 bits per heavy atom. The van der Waals surface area contributed by atoms with E-state index in [2.05, 4.69) is 40.7 Å². The van der Waals surface area contributed by atoms with Crippen LogP contribution >= 0.6 is 0 Å². The summed E-state index contributed by atoms with van der Waals surface area (Å²) in [5.74, 6) is 0. The standard InChI is InChI=1S/C21H32N4O/c1-16-10-17(25-14-21(15-25)7-8-23-13-21)5-6-19(16)20(22)12-24-11-18-4-2-3-9-26-18/h5-6,10,12,18,23-24H,2-4,7-9,11,13-15,22H2,1H3/b20-12-. The van der Waals surface area contributed by atoms with Crippen molar-refractivity contribution in [2.45, 2.75) is 38.7 Å². The van der Waals surface area contributed by atoms with Gasteiger partial charge in [0.25, 0.3) is 0 Å². The third-order valence-electron chi connectivity index (χ3n) is 6.15. The number of aryl methyl sites for hydroxylation is 1. The Hall–Kier alpha value is -1.72. The zero-order chi connectivity index (χ0) is 18.0. The average molecular weight is 357 g/mol. The third-order valence-corrected chi connectivity index (χ3v) is 6.15. The van der Waals surface area contributed by atoms with Crippen molar-refractivity contribution >= 4 is 11.4 Å². The molecule has 0 aliphatic carbocycles. The van der Waals surface area contributed by atoms with E-state index < -0.39 is 0 Å². The molecule has 0 saturated carbocycles. The van der Waals surface area contributed by atoms with Crippen LogP contribution in [0.3, 0.4) is 0 Å². The van der Waals surface area contributed by atoms with E-state index in [4.69, 9.17) is 10.5 Å². The van der Waals surface area contributed by atoms with Gasteiger partial charge >= 0.3 is 0 Å². The maximum atomic E-state index is 6.31. The fourth-order valence-electron chi connectivity index (χ4n) is 4.53. The zero-order valence-electron chi connectivity index (χ0n) is 15.9. The Labute approximate surface area is 157 Å². The molecule has 0 radical (unpaired) electrons. The first-order chi connectivity index (χ1) is 12.7. The molecule has 3 aliphatic rings. The Bertz CT molecular complexity index is 652. The Morgan fingerprint density at radius 3 is 3.00 bits per heavy atom. The smallest absolute Gasteiger partial charge is 0.0747 e. The van der Waals surface area contributed by atoms with Crippen LogP contribution in [0.25, 0.3) is 5.70 Å². The van der Waals surface area contributed by atoms with Crippen molar-refractivity contribution in [2.24, 2.45) is 11.1 Å². The van der Waals surface area contributed by atoms with Gasteiger partial charge in [0.2, 0.25) is 0 Å². The monoisotopic (exact) mass is 356 g/mol. The highest BCUT2D eigenvalue weighted by molar-refractivity contribution is 5.68. The van der Waals surface area contributed by atoms with Crippen molar-refractivity contribution < 1.29 is 4.74 Å². The lowest BCUT2D eigenvalue weighted by atomic mass is 9.78. The molecule has 3 saturated heterocycles. The number of hydrogen-bond donors (Lipinski definition) is 3. The van der Waals surface area contributed by atoms with E-state index in [0.29, 0.717) is 11.5 Å². The van der Waals surface area contributed by atoms with Crippen LogP contribution in [-0.2, 0) is 4.74 Å². The lowest BCUT2D eigenvalue weighted by Crippen LogP contribution is -2.57. The van der Waals surface area contributed by atoms with Gasteiger partial charge in [-0.05, 0) is 56.8 Å². The number of ether oxygens (including phenoxy) is 1. The molecule has 3 fully saturated rings. The highest BCUT2D eigenvalue weighted by atomic mass is 16.5. The fourth-order valence-corrected chi connectivity index (χ4v) is 4.53. The van der Waals surface area contributed by atoms with Crippen LogP contribution < -0.4 is 21.3 Å². The van der Waals surface area contributed by atoms with Gasteiger partial charge < -0.3 is 26.0 Å². The first-order valence-corrected chi connectivity index (χ1v) is 10.0. The third kappa shape index (κ3) is 3.69. The van der Waals surface area contributed by atoms with Crippen molar-refractivity contribution in [3.05, 3.63) is 35.5 Å². The molecule has 5 nitrogen and oxygen atoms in total. The summed E-state index contributed by atoms with van der Waals surface area (Å²) in [4.78, 5) is 2.49. The topological polar surface area (TPSA) is 62.5 Å². The van der Waals surface area contributed by atoms with E-state index >= 15 is 0 Å². The van der Waals surface area contributed by atoms with Gasteiger partial charge in [-0.25, -0.2) is 0 Å². The molecular weight excluding hydrogens is 324 g/mol. The quantitative estimate of drug-likeness (QED) is 0.755. The van der Waals surface area contributed by atoms with Crippen LogP contribution in [0.1, 0.15) is 36.8 Å². The maximum absolute atomic E-state index is 6.31. The summed E-state index contributed by atoms with van der Waals surface area (Å²) in [5.41, 5.74) is 11.3. The molecule has 1 atom stereocenters. The summed E-state index contributed by atoms with van der Waals surface area (Å²) >= 11 is 0. The predicted molar refractivity (Wildman–Crippen MR) is 107 cm³/mol. The normalized spacial score (nSPS) is 25.3. The molecule has 26 heavy (non-hydrogen) atoms. The molecule has 3 heterocycles. The minimum atomic E-state index is 0.320. The number of nitrogens with two attached hydrogens (primary N) is 1. The van der Waals surface area contributed by atoms with Crippen LogP contribution in [-0.4, -0.2) is 45.4 Å². The van der Waals surface area contributed by atoms with E-state index in [9.17, 15) is 0 Å². The second kappa shape index (κ2) is 7.49. The van der Waals surface area contributed by atoms with E-state index in [0.717, 1.165) is 30.8 Å². The molecule has 4 N–H and O–H groups in total. The highest BCUT2D eigenvalue weighted by Crippen LogP contribution is 2.39. The molecule has 0 aromatic heterocycles. The SMILES string of the molecule is Cc1cc(N2CC3(CCNC3)C2)ccc1/C(N)=C/NCC1CCCCO1. The summed E-state index contributed by atoms with van der Waals surface area (Å²) in [5, 5.41) is 6.84. The van der Waals surface area contributed by atoms with Gasteiger partial charge in [0.1, 0.15) is 0 Å². The van der Waals surface area contributed by atoms with Crippen LogP contribution in [0.15, 0.2) is 24.4 Å². The van der Waals surface area contributed by atoms with Crippen LogP contribution in [0.4, 0.5) is 5.69 Å². The molecule has 0 bridgehead atoms. The molecule has 1 aromatic rings. The summed E-state index contributed by atoms with van der Waals surface area (Å²) in [6.45, 7) is 8.57. The van der Waals surface area contributed by atoms with Gasteiger partial charge in [0.05, 0.1) is 11.8 Å². The molecule has 0 amide bonds. The van der Waals surface area contributed by atoms with Gasteiger partial charge in [-0.3, -0.25) is 0 Å². The number of rotatable bonds is 5. The molecule has 1 aromatic carbocycles. The molecule has 5 heteroatoms. The van der Waals surface area contributed by atoms with Crippen molar-refractivity contribution in [2.75, 3.05) is 44.2 Å². The van der Waals surface area contributed by atoms with Gasteiger partial charge in [-0.1, -0.05) is 6.07 Å². The Balaban J connectivity index is 1.34. The van der Waals surface area contributed by atoms with Crippen LogP contribution in [0, 0.1) is 12.3 Å².